The number of guanidine groups is 1. The number of aromatic nitrogens is 3. The van der Waals surface area contributed by atoms with E-state index in [2.05, 4.69) is 45.3 Å². The van der Waals surface area contributed by atoms with E-state index >= 15 is 0 Å². The molecule has 8 heteroatoms. The van der Waals surface area contributed by atoms with Crippen molar-refractivity contribution in [2.45, 2.75) is 32.9 Å². The third-order valence-corrected chi connectivity index (χ3v) is 4.28. The molecule has 0 radical (unpaired) electrons. The highest BCUT2D eigenvalue weighted by atomic mass is 16.5. The van der Waals surface area contributed by atoms with Gasteiger partial charge in [0.2, 0.25) is 5.88 Å². The zero-order chi connectivity index (χ0) is 20.5. The van der Waals surface area contributed by atoms with Gasteiger partial charge in [0.1, 0.15) is 6.61 Å². The maximum Gasteiger partial charge on any atom is 0.218 e. The first-order valence-electron chi connectivity index (χ1n) is 9.46. The van der Waals surface area contributed by atoms with E-state index in [4.69, 9.17) is 9.47 Å². The summed E-state index contributed by atoms with van der Waals surface area (Å²) in [5.74, 6) is 1.78. The minimum absolute atomic E-state index is 0.377. The summed E-state index contributed by atoms with van der Waals surface area (Å²) in [5.41, 5.74) is 3.29. The van der Waals surface area contributed by atoms with Gasteiger partial charge in [-0.25, -0.2) is 4.98 Å². The van der Waals surface area contributed by atoms with E-state index in [1.807, 2.05) is 30.9 Å². The quantitative estimate of drug-likeness (QED) is 0.403. The predicted octanol–water partition coefficient (Wildman–Crippen LogP) is 2.17. The molecule has 154 valence electrons. The molecule has 0 aliphatic rings. The van der Waals surface area contributed by atoms with Crippen molar-refractivity contribution in [3.8, 4) is 5.88 Å². The zero-order valence-electron chi connectivity index (χ0n) is 17.8. The Labute approximate surface area is 167 Å². The molecule has 2 aromatic rings. The summed E-state index contributed by atoms with van der Waals surface area (Å²) in [5, 5.41) is 7.97. The molecule has 0 aliphatic carbocycles. The monoisotopic (exact) mass is 388 g/mol. The van der Waals surface area contributed by atoms with Gasteiger partial charge in [-0.1, -0.05) is 19.9 Å². The van der Waals surface area contributed by atoms with Crippen LogP contribution < -0.4 is 10.1 Å². The molecule has 2 heterocycles. The molecule has 0 bridgehead atoms. The molecule has 28 heavy (non-hydrogen) atoms. The average Bonchev–Trinajstić information content (AvgIpc) is 3.04. The highest BCUT2D eigenvalue weighted by Gasteiger charge is 2.15. The molecule has 1 N–H and O–H groups in total. The Morgan fingerprint density at radius 3 is 2.79 bits per heavy atom. The third-order valence-electron chi connectivity index (χ3n) is 4.28. The Kier molecular flexibility index (Phi) is 8.25. The predicted molar refractivity (Wildman–Crippen MR) is 111 cm³/mol. The molecule has 0 saturated heterocycles. The van der Waals surface area contributed by atoms with E-state index < -0.39 is 0 Å². The van der Waals surface area contributed by atoms with Crippen molar-refractivity contribution in [3.05, 3.63) is 41.3 Å². The highest BCUT2D eigenvalue weighted by molar-refractivity contribution is 5.79. The number of hydrogen-bond donors (Lipinski definition) is 1. The van der Waals surface area contributed by atoms with Gasteiger partial charge in [0.05, 0.1) is 12.3 Å². The molecule has 0 atom stereocenters. The van der Waals surface area contributed by atoms with Crippen molar-refractivity contribution < 1.29 is 9.47 Å². The van der Waals surface area contributed by atoms with Gasteiger partial charge in [-0.3, -0.25) is 9.67 Å². The summed E-state index contributed by atoms with van der Waals surface area (Å²) in [6.45, 7) is 6.60. The van der Waals surface area contributed by atoms with E-state index in [-0.39, 0.29) is 0 Å². The lowest BCUT2D eigenvalue weighted by atomic mass is 10.1. The minimum Gasteiger partial charge on any atom is -0.475 e. The number of pyridine rings is 1. The van der Waals surface area contributed by atoms with Crippen LogP contribution in [0, 0.1) is 0 Å². The fourth-order valence-corrected chi connectivity index (χ4v) is 2.96. The molecule has 0 saturated carbocycles. The Morgan fingerprint density at radius 2 is 2.11 bits per heavy atom. The second-order valence-corrected chi connectivity index (χ2v) is 6.93. The fourth-order valence-electron chi connectivity index (χ4n) is 2.96. The van der Waals surface area contributed by atoms with Gasteiger partial charge in [0.25, 0.3) is 0 Å². The van der Waals surface area contributed by atoms with E-state index in [0.717, 1.165) is 23.8 Å². The highest BCUT2D eigenvalue weighted by Crippen LogP contribution is 2.19. The largest absolute Gasteiger partial charge is 0.475 e. The first kappa shape index (κ1) is 21.7. The first-order chi connectivity index (χ1) is 13.5. The van der Waals surface area contributed by atoms with E-state index in [1.165, 1.54) is 5.56 Å². The molecule has 0 aliphatic heterocycles. The van der Waals surface area contributed by atoms with Gasteiger partial charge >= 0.3 is 0 Å². The van der Waals surface area contributed by atoms with Crippen LogP contribution in [0.25, 0.3) is 0 Å². The Hall–Kier alpha value is -2.61. The number of rotatable bonds is 9. The first-order valence-corrected chi connectivity index (χ1v) is 9.46. The van der Waals surface area contributed by atoms with Crippen LogP contribution in [0.1, 0.15) is 36.6 Å². The molecule has 2 aromatic heterocycles. The Balaban J connectivity index is 2.01. The summed E-state index contributed by atoms with van der Waals surface area (Å²) in [6.07, 6.45) is 3.80. The standard InChI is InChI=1S/C20H32N6O2/c1-15(2)18-17(14-26(5)24-18)13-25(4)20(21-3)23-12-16-8-7-9-22-19(16)28-11-10-27-6/h7-9,14-15H,10-13H2,1-6H3,(H,21,23). The SMILES string of the molecule is CN=C(NCc1cccnc1OCCOC)N(C)Cc1cn(C)nc1C(C)C. The number of methoxy groups -OCH3 is 1. The van der Waals surface area contributed by atoms with Crippen LogP contribution >= 0.6 is 0 Å². The average molecular weight is 389 g/mol. The van der Waals surface area contributed by atoms with Gasteiger partial charge in [-0.05, 0) is 12.0 Å². The van der Waals surface area contributed by atoms with Crippen LogP contribution in [0.2, 0.25) is 0 Å². The summed E-state index contributed by atoms with van der Waals surface area (Å²) in [6, 6.07) is 3.89. The second-order valence-electron chi connectivity index (χ2n) is 6.93. The van der Waals surface area contributed by atoms with Crippen molar-refractivity contribution in [1.29, 1.82) is 0 Å². The zero-order valence-corrected chi connectivity index (χ0v) is 17.8. The second kappa shape index (κ2) is 10.7. The summed E-state index contributed by atoms with van der Waals surface area (Å²) < 4.78 is 12.6. The maximum atomic E-state index is 5.70. The molecule has 2 rings (SSSR count). The smallest absolute Gasteiger partial charge is 0.218 e. The number of aliphatic imine (C=N–C) groups is 1. The van der Waals surface area contributed by atoms with Crippen molar-refractivity contribution in [1.82, 2.24) is 25.0 Å². The molecule has 0 amide bonds. The van der Waals surface area contributed by atoms with Crippen LogP contribution in [0.3, 0.4) is 0 Å². The number of nitrogens with zero attached hydrogens (tertiary/aromatic N) is 5. The van der Waals surface area contributed by atoms with E-state index in [1.54, 1.807) is 20.4 Å². The van der Waals surface area contributed by atoms with Crippen LogP contribution in [0.5, 0.6) is 5.88 Å². The number of aryl methyl sites for hydroxylation is 1. The molecule has 0 unspecified atom stereocenters. The molecular weight excluding hydrogens is 356 g/mol. The van der Waals surface area contributed by atoms with Gasteiger partial charge < -0.3 is 19.7 Å². The minimum atomic E-state index is 0.377. The topological polar surface area (TPSA) is 76.8 Å². The molecule has 8 nitrogen and oxygen atoms in total. The van der Waals surface area contributed by atoms with Gasteiger partial charge in [-0.15, -0.1) is 0 Å². The molecule has 0 spiro atoms. The van der Waals surface area contributed by atoms with Crippen molar-refractivity contribution in [2.75, 3.05) is 34.4 Å². The summed E-state index contributed by atoms with van der Waals surface area (Å²) in [7, 11) is 7.41. The summed E-state index contributed by atoms with van der Waals surface area (Å²) >= 11 is 0. The van der Waals surface area contributed by atoms with Gasteiger partial charge in [0.15, 0.2) is 5.96 Å². The lowest BCUT2D eigenvalue weighted by molar-refractivity contribution is 0.143. The number of hydrogen-bond acceptors (Lipinski definition) is 5. The van der Waals surface area contributed by atoms with Crippen LogP contribution in [-0.2, 0) is 24.9 Å². The van der Waals surface area contributed by atoms with Gasteiger partial charge in [0, 0.05) is 64.9 Å². The lowest BCUT2D eigenvalue weighted by Crippen LogP contribution is -2.38. The summed E-state index contributed by atoms with van der Waals surface area (Å²) in [4.78, 5) is 10.8. The molecule has 0 fully saturated rings. The third kappa shape index (κ3) is 5.95. The molecule has 0 aromatic carbocycles. The van der Waals surface area contributed by atoms with E-state index in [0.29, 0.717) is 31.6 Å². The van der Waals surface area contributed by atoms with Crippen LogP contribution in [0.15, 0.2) is 29.5 Å². The lowest BCUT2D eigenvalue weighted by Gasteiger charge is -2.22. The van der Waals surface area contributed by atoms with Crippen LogP contribution in [0.4, 0.5) is 0 Å². The number of ether oxygens (including phenoxy) is 2. The number of nitrogens with one attached hydrogen (secondary N) is 1. The maximum absolute atomic E-state index is 5.70. The van der Waals surface area contributed by atoms with E-state index in [9.17, 15) is 0 Å². The van der Waals surface area contributed by atoms with Crippen LogP contribution in [-0.4, -0.2) is 60.0 Å². The van der Waals surface area contributed by atoms with Gasteiger partial charge in [-0.2, -0.15) is 5.10 Å². The molecular formula is C20H32N6O2. The van der Waals surface area contributed by atoms with Crippen molar-refractivity contribution in [2.24, 2.45) is 12.0 Å². The van der Waals surface area contributed by atoms with Crippen molar-refractivity contribution in [3.63, 3.8) is 0 Å². The normalized spacial score (nSPS) is 11.8. The fraction of sp³-hybridized carbons (Fsp3) is 0.550. The Morgan fingerprint density at radius 1 is 1.32 bits per heavy atom. The van der Waals surface area contributed by atoms with Crippen molar-refractivity contribution >= 4 is 5.96 Å². The Bertz CT molecular complexity index is 772.